The van der Waals surface area contributed by atoms with Gasteiger partial charge in [0, 0.05) is 31.9 Å². The number of hydrogen-bond acceptors (Lipinski definition) is 3. The number of nitrogens with zero attached hydrogens (tertiary/aromatic N) is 2. The Kier molecular flexibility index (Phi) is 6.24. The van der Waals surface area contributed by atoms with E-state index in [2.05, 4.69) is 58.3 Å². The molecule has 0 bridgehead atoms. The minimum atomic E-state index is 0.680. The molecule has 2 aromatic carbocycles. The van der Waals surface area contributed by atoms with Gasteiger partial charge in [-0.3, -0.25) is 0 Å². The van der Waals surface area contributed by atoms with E-state index in [4.69, 9.17) is 4.74 Å². The van der Waals surface area contributed by atoms with Crippen LogP contribution in [0.15, 0.2) is 60.9 Å². The number of benzene rings is 2. The normalized spacial score (nSPS) is 11.6. The topological polar surface area (TPSA) is 15.7 Å². The lowest BCUT2D eigenvalue weighted by Gasteiger charge is -2.15. The summed E-state index contributed by atoms with van der Waals surface area (Å²) >= 11 is 0. The molecule has 3 nitrogen and oxygen atoms in total. The lowest BCUT2D eigenvalue weighted by Crippen LogP contribution is -2.16. The van der Waals surface area contributed by atoms with Crippen molar-refractivity contribution in [2.45, 2.75) is 0 Å². The minimum Gasteiger partial charge on any atom is -0.499 e. The predicted octanol–water partition coefficient (Wildman–Crippen LogP) is 3.72. The van der Waals surface area contributed by atoms with Crippen LogP contribution in [0.3, 0.4) is 0 Å². The Morgan fingerprint density at radius 1 is 0.870 bits per heavy atom. The number of hydrogen-bond donors (Lipinski definition) is 0. The van der Waals surface area contributed by atoms with Gasteiger partial charge in [-0.05, 0) is 37.4 Å². The average molecular weight is 310 g/mol. The SMILES string of the molecule is CN(C)CCO/C=C(\c1ccccc1)c1ccc(N(C)C)cc1. The Labute approximate surface area is 139 Å². The van der Waals surface area contributed by atoms with Crippen molar-refractivity contribution in [1.82, 2.24) is 4.90 Å². The molecule has 0 saturated carbocycles. The molecule has 0 aliphatic carbocycles. The smallest absolute Gasteiger partial charge is 0.1000 e. The zero-order valence-electron chi connectivity index (χ0n) is 14.5. The fourth-order valence-electron chi connectivity index (χ4n) is 2.24. The summed E-state index contributed by atoms with van der Waals surface area (Å²) in [4.78, 5) is 4.21. The summed E-state index contributed by atoms with van der Waals surface area (Å²) in [5, 5.41) is 0. The Balaban J connectivity index is 2.24. The molecule has 23 heavy (non-hydrogen) atoms. The van der Waals surface area contributed by atoms with Crippen molar-refractivity contribution in [2.75, 3.05) is 46.2 Å². The van der Waals surface area contributed by atoms with Crippen LogP contribution in [-0.4, -0.2) is 46.2 Å². The molecule has 0 fully saturated rings. The summed E-state index contributed by atoms with van der Waals surface area (Å²) in [6.07, 6.45) is 1.88. The second-order valence-electron chi connectivity index (χ2n) is 6.01. The quantitative estimate of drug-likeness (QED) is 0.572. The summed E-state index contributed by atoms with van der Waals surface area (Å²) in [5.74, 6) is 0. The van der Waals surface area contributed by atoms with Crippen LogP contribution in [0.2, 0.25) is 0 Å². The highest BCUT2D eigenvalue weighted by Crippen LogP contribution is 2.25. The van der Waals surface area contributed by atoms with Crippen LogP contribution in [0.5, 0.6) is 0 Å². The fourth-order valence-corrected chi connectivity index (χ4v) is 2.24. The second-order valence-corrected chi connectivity index (χ2v) is 6.01. The molecule has 0 aliphatic rings. The summed E-state index contributed by atoms with van der Waals surface area (Å²) in [5.41, 5.74) is 4.62. The summed E-state index contributed by atoms with van der Waals surface area (Å²) in [7, 11) is 8.19. The Morgan fingerprint density at radius 3 is 2.04 bits per heavy atom. The third-order valence-corrected chi connectivity index (χ3v) is 3.64. The first-order valence-electron chi connectivity index (χ1n) is 7.87. The third-order valence-electron chi connectivity index (χ3n) is 3.64. The highest BCUT2D eigenvalue weighted by atomic mass is 16.5. The molecule has 0 amide bonds. The van der Waals surface area contributed by atoms with E-state index in [0.717, 1.165) is 23.2 Å². The molecule has 3 heteroatoms. The first-order valence-corrected chi connectivity index (χ1v) is 7.87. The fraction of sp³-hybridized carbons (Fsp3) is 0.300. The van der Waals surface area contributed by atoms with E-state index in [1.54, 1.807) is 0 Å². The van der Waals surface area contributed by atoms with Crippen molar-refractivity contribution in [3.8, 4) is 0 Å². The van der Waals surface area contributed by atoms with Crippen LogP contribution in [-0.2, 0) is 4.74 Å². The third kappa shape index (κ3) is 5.15. The summed E-state index contributed by atoms with van der Waals surface area (Å²) < 4.78 is 5.78. The minimum absolute atomic E-state index is 0.680. The molecule has 0 spiro atoms. The van der Waals surface area contributed by atoms with Gasteiger partial charge >= 0.3 is 0 Å². The van der Waals surface area contributed by atoms with E-state index in [-0.39, 0.29) is 0 Å². The number of likely N-dealkylation sites (N-methyl/N-ethyl adjacent to an activating group) is 1. The maximum atomic E-state index is 5.78. The first-order chi connectivity index (χ1) is 11.1. The molecule has 0 aromatic heterocycles. The van der Waals surface area contributed by atoms with E-state index in [1.807, 2.05) is 40.5 Å². The maximum absolute atomic E-state index is 5.78. The molecule has 0 heterocycles. The van der Waals surface area contributed by atoms with Gasteiger partial charge in [0.2, 0.25) is 0 Å². The van der Waals surface area contributed by atoms with Gasteiger partial charge in [0.1, 0.15) is 0 Å². The highest BCUT2D eigenvalue weighted by molar-refractivity contribution is 5.79. The van der Waals surface area contributed by atoms with E-state index in [0.29, 0.717) is 6.61 Å². The van der Waals surface area contributed by atoms with Crippen molar-refractivity contribution >= 4 is 11.3 Å². The van der Waals surface area contributed by atoms with E-state index < -0.39 is 0 Å². The van der Waals surface area contributed by atoms with Crippen LogP contribution < -0.4 is 4.90 Å². The molecular formula is C20H26N2O. The van der Waals surface area contributed by atoms with Gasteiger partial charge in [-0.1, -0.05) is 42.5 Å². The van der Waals surface area contributed by atoms with Gasteiger partial charge in [-0.2, -0.15) is 0 Å². The van der Waals surface area contributed by atoms with E-state index in [1.165, 1.54) is 5.69 Å². The molecule has 0 N–H and O–H groups in total. The van der Waals surface area contributed by atoms with Gasteiger partial charge in [-0.25, -0.2) is 0 Å². The predicted molar refractivity (Wildman–Crippen MR) is 98.8 cm³/mol. The average Bonchev–Trinajstić information content (AvgIpc) is 2.55. The van der Waals surface area contributed by atoms with Crippen LogP contribution in [0, 0.1) is 0 Å². The summed E-state index contributed by atoms with van der Waals surface area (Å²) in [6, 6.07) is 18.9. The zero-order valence-corrected chi connectivity index (χ0v) is 14.5. The largest absolute Gasteiger partial charge is 0.499 e. The lowest BCUT2D eigenvalue weighted by molar-refractivity contribution is 0.213. The van der Waals surface area contributed by atoms with Crippen LogP contribution >= 0.6 is 0 Å². The number of ether oxygens (including phenoxy) is 1. The molecule has 122 valence electrons. The molecule has 0 atom stereocenters. The van der Waals surface area contributed by atoms with Crippen LogP contribution in [0.25, 0.3) is 5.57 Å². The molecule has 0 aliphatic heterocycles. The molecular weight excluding hydrogens is 284 g/mol. The van der Waals surface area contributed by atoms with Gasteiger partial charge < -0.3 is 14.5 Å². The van der Waals surface area contributed by atoms with Crippen molar-refractivity contribution in [2.24, 2.45) is 0 Å². The van der Waals surface area contributed by atoms with Crippen molar-refractivity contribution in [3.63, 3.8) is 0 Å². The molecule has 0 unspecified atom stereocenters. The molecule has 2 aromatic rings. The van der Waals surface area contributed by atoms with Gasteiger partial charge in [-0.15, -0.1) is 0 Å². The molecule has 0 saturated heterocycles. The molecule has 0 radical (unpaired) electrons. The van der Waals surface area contributed by atoms with Crippen molar-refractivity contribution in [1.29, 1.82) is 0 Å². The number of anilines is 1. The van der Waals surface area contributed by atoms with E-state index in [9.17, 15) is 0 Å². The number of rotatable bonds is 7. The van der Waals surface area contributed by atoms with Crippen LogP contribution in [0.4, 0.5) is 5.69 Å². The Morgan fingerprint density at radius 2 is 1.48 bits per heavy atom. The van der Waals surface area contributed by atoms with Crippen molar-refractivity contribution < 1.29 is 4.74 Å². The second kappa shape index (κ2) is 8.39. The Bertz CT molecular complexity index is 616. The standard InChI is InChI=1S/C20H26N2O/c1-21(2)14-15-23-16-20(17-8-6-5-7-9-17)18-10-12-19(13-11-18)22(3)4/h5-13,16H,14-15H2,1-4H3/b20-16+. The van der Waals surface area contributed by atoms with Gasteiger partial charge in [0.05, 0.1) is 12.9 Å². The monoisotopic (exact) mass is 310 g/mol. The zero-order chi connectivity index (χ0) is 16.7. The van der Waals surface area contributed by atoms with Gasteiger partial charge in [0.25, 0.3) is 0 Å². The Hall–Kier alpha value is -2.26. The first kappa shape index (κ1) is 17.1. The lowest BCUT2D eigenvalue weighted by atomic mass is 9.99. The van der Waals surface area contributed by atoms with Gasteiger partial charge in [0.15, 0.2) is 0 Å². The van der Waals surface area contributed by atoms with Crippen molar-refractivity contribution in [3.05, 3.63) is 72.0 Å². The highest BCUT2D eigenvalue weighted by Gasteiger charge is 2.06. The summed E-state index contributed by atoms with van der Waals surface area (Å²) in [6.45, 7) is 1.58. The molecule has 2 rings (SSSR count). The van der Waals surface area contributed by atoms with Crippen LogP contribution in [0.1, 0.15) is 11.1 Å². The maximum Gasteiger partial charge on any atom is 0.1000 e. The van der Waals surface area contributed by atoms with E-state index >= 15 is 0 Å².